The summed E-state index contributed by atoms with van der Waals surface area (Å²) in [6.45, 7) is 7.37. The highest BCUT2D eigenvalue weighted by atomic mass is 32.1. The first-order valence-electron chi connectivity index (χ1n) is 6.52. The van der Waals surface area contributed by atoms with Gasteiger partial charge in [-0.05, 0) is 30.7 Å². The summed E-state index contributed by atoms with van der Waals surface area (Å²) < 4.78 is 0. The summed E-state index contributed by atoms with van der Waals surface area (Å²) in [5.74, 6) is 0.832. The Morgan fingerprint density at radius 1 is 1.44 bits per heavy atom. The zero-order chi connectivity index (χ0) is 13.6. The van der Waals surface area contributed by atoms with Crippen molar-refractivity contribution in [3.8, 4) is 0 Å². The minimum absolute atomic E-state index is 0.226. The second kappa shape index (κ2) is 7.00. The van der Waals surface area contributed by atoms with Gasteiger partial charge in [-0.2, -0.15) is 0 Å². The molecule has 1 aromatic rings. The Labute approximate surface area is 114 Å². The molecule has 0 bridgehead atoms. The predicted octanol–water partition coefficient (Wildman–Crippen LogP) is 3.05. The van der Waals surface area contributed by atoms with Crippen LogP contribution in [-0.2, 0) is 11.2 Å². The lowest BCUT2D eigenvalue weighted by Gasteiger charge is -2.30. The fourth-order valence-electron chi connectivity index (χ4n) is 2.16. The zero-order valence-corrected chi connectivity index (χ0v) is 12.4. The third kappa shape index (κ3) is 5.27. The number of aromatic nitrogens is 1. The molecule has 1 heterocycles. The minimum Gasteiger partial charge on any atom is -0.330 e. The molecule has 0 aliphatic heterocycles. The van der Waals surface area contributed by atoms with Crippen LogP contribution in [0.25, 0.3) is 0 Å². The number of hydrogen-bond acceptors (Lipinski definition) is 4. The van der Waals surface area contributed by atoms with Crippen molar-refractivity contribution in [1.29, 1.82) is 0 Å². The van der Waals surface area contributed by atoms with Crippen LogP contribution in [0.1, 0.15) is 44.9 Å². The quantitative estimate of drug-likeness (QED) is 0.827. The summed E-state index contributed by atoms with van der Waals surface area (Å²) in [6, 6.07) is 0. The molecule has 1 unspecified atom stereocenters. The Morgan fingerprint density at radius 2 is 2.17 bits per heavy atom. The normalized spacial score (nSPS) is 13.6. The van der Waals surface area contributed by atoms with Crippen LogP contribution in [0, 0.1) is 11.3 Å². The van der Waals surface area contributed by atoms with Crippen molar-refractivity contribution in [2.24, 2.45) is 17.1 Å². The van der Waals surface area contributed by atoms with Gasteiger partial charge in [0, 0.05) is 23.9 Å². The van der Waals surface area contributed by atoms with E-state index in [4.69, 9.17) is 5.73 Å². The lowest BCUT2D eigenvalue weighted by Crippen LogP contribution is -2.24. The molecule has 1 rings (SSSR count). The molecule has 0 saturated heterocycles. The zero-order valence-electron chi connectivity index (χ0n) is 11.6. The number of ketones is 1. The van der Waals surface area contributed by atoms with Crippen molar-refractivity contribution in [3.63, 3.8) is 0 Å². The van der Waals surface area contributed by atoms with Gasteiger partial charge in [-0.1, -0.05) is 20.8 Å². The van der Waals surface area contributed by atoms with Gasteiger partial charge >= 0.3 is 0 Å². The molecule has 0 aliphatic carbocycles. The van der Waals surface area contributed by atoms with E-state index >= 15 is 0 Å². The van der Waals surface area contributed by atoms with Gasteiger partial charge in [-0.25, -0.2) is 0 Å². The Balaban J connectivity index is 2.40. The second-order valence-corrected chi connectivity index (χ2v) is 6.83. The third-order valence-corrected chi connectivity index (χ3v) is 4.15. The Hall–Kier alpha value is -0.740. The average Bonchev–Trinajstić information content (AvgIpc) is 2.75. The molecule has 2 N–H and O–H groups in total. The van der Waals surface area contributed by atoms with Crippen LogP contribution in [0.2, 0.25) is 0 Å². The molecule has 0 aliphatic rings. The van der Waals surface area contributed by atoms with Gasteiger partial charge in [-0.15, -0.1) is 11.3 Å². The largest absolute Gasteiger partial charge is 0.330 e. The molecule has 1 atom stereocenters. The Morgan fingerprint density at radius 3 is 2.67 bits per heavy atom. The molecule has 0 aromatic carbocycles. The summed E-state index contributed by atoms with van der Waals surface area (Å²) in [4.78, 5) is 16.9. The van der Waals surface area contributed by atoms with Crippen LogP contribution < -0.4 is 5.73 Å². The maximum Gasteiger partial charge on any atom is 0.138 e. The van der Waals surface area contributed by atoms with E-state index in [9.17, 15) is 4.79 Å². The highest BCUT2D eigenvalue weighted by molar-refractivity contribution is 7.09. The van der Waals surface area contributed by atoms with E-state index in [1.54, 1.807) is 23.0 Å². The third-order valence-electron chi connectivity index (χ3n) is 3.37. The van der Waals surface area contributed by atoms with Gasteiger partial charge in [0.2, 0.25) is 0 Å². The maximum absolute atomic E-state index is 11.9. The Bertz CT molecular complexity index is 354. The fraction of sp³-hybridized carbons (Fsp3) is 0.714. The number of rotatable bonds is 7. The topological polar surface area (TPSA) is 56.0 Å². The van der Waals surface area contributed by atoms with Gasteiger partial charge in [-0.3, -0.25) is 9.78 Å². The van der Waals surface area contributed by atoms with E-state index in [1.807, 2.05) is 0 Å². The number of thiazole rings is 1. The van der Waals surface area contributed by atoms with Crippen molar-refractivity contribution in [2.75, 3.05) is 6.54 Å². The molecule has 0 fully saturated rings. The number of hydrogen-bond donors (Lipinski definition) is 1. The van der Waals surface area contributed by atoms with Crippen molar-refractivity contribution >= 4 is 17.1 Å². The van der Waals surface area contributed by atoms with Crippen LogP contribution in [0.3, 0.4) is 0 Å². The van der Waals surface area contributed by atoms with E-state index in [2.05, 4.69) is 25.8 Å². The molecule has 0 spiro atoms. The van der Waals surface area contributed by atoms with E-state index in [0.29, 0.717) is 31.1 Å². The number of nitrogens with zero attached hydrogens (tertiary/aromatic N) is 1. The standard InChI is InChI=1S/C14H24N2OS/c1-14(2,3)11(6-7-15)4-5-12(17)8-13-9-16-10-18-13/h9-11H,4-8,15H2,1-3H3. The summed E-state index contributed by atoms with van der Waals surface area (Å²) >= 11 is 1.55. The van der Waals surface area contributed by atoms with Crippen molar-refractivity contribution in [3.05, 3.63) is 16.6 Å². The van der Waals surface area contributed by atoms with Crippen molar-refractivity contribution < 1.29 is 4.79 Å². The molecular weight excluding hydrogens is 244 g/mol. The first-order valence-corrected chi connectivity index (χ1v) is 7.40. The lowest BCUT2D eigenvalue weighted by atomic mass is 9.76. The van der Waals surface area contributed by atoms with Gasteiger partial charge < -0.3 is 5.73 Å². The van der Waals surface area contributed by atoms with Gasteiger partial charge in [0.15, 0.2) is 0 Å². The summed E-state index contributed by atoms with van der Waals surface area (Å²) in [5.41, 5.74) is 7.65. The van der Waals surface area contributed by atoms with E-state index in [1.165, 1.54) is 0 Å². The van der Waals surface area contributed by atoms with Crippen LogP contribution in [-0.4, -0.2) is 17.3 Å². The molecule has 0 radical (unpaired) electrons. The van der Waals surface area contributed by atoms with Crippen LogP contribution >= 0.6 is 11.3 Å². The van der Waals surface area contributed by atoms with Crippen LogP contribution in [0.4, 0.5) is 0 Å². The predicted molar refractivity (Wildman–Crippen MR) is 76.7 cm³/mol. The summed E-state index contributed by atoms with van der Waals surface area (Å²) in [7, 11) is 0. The fourth-order valence-corrected chi connectivity index (χ4v) is 2.78. The molecule has 0 amide bonds. The number of Topliss-reactive ketones (excluding diaryl/α,β-unsaturated/α-hetero) is 1. The first-order chi connectivity index (χ1) is 8.43. The first kappa shape index (κ1) is 15.3. The maximum atomic E-state index is 11.9. The summed E-state index contributed by atoms with van der Waals surface area (Å²) in [5, 5.41) is 0. The summed E-state index contributed by atoms with van der Waals surface area (Å²) in [6.07, 6.45) is 4.91. The molecule has 1 aromatic heterocycles. The molecule has 0 saturated carbocycles. The smallest absolute Gasteiger partial charge is 0.138 e. The SMILES string of the molecule is CC(C)(C)C(CCN)CCC(=O)Cc1cncs1. The van der Waals surface area contributed by atoms with Crippen molar-refractivity contribution in [2.45, 2.75) is 46.5 Å². The number of nitrogens with two attached hydrogens (primary N) is 1. The van der Waals surface area contributed by atoms with Crippen LogP contribution in [0.5, 0.6) is 0 Å². The van der Waals surface area contributed by atoms with E-state index in [-0.39, 0.29) is 5.41 Å². The number of carbonyl (C=O) groups excluding carboxylic acids is 1. The average molecular weight is 268 g/mol. The lowest BCUT2D eigenvalue weighted by molar-refractivity contribution is -0.118. The highest BCUT2D eigenvalue weighted by Gasteiger charge is 2.24. The Kier molecular flexibility index (Phi) is 5.96. The monoisotopic (exact) mass is 268 g/mol. The van der Waals surface area contributed by atoms with Gasteiger partial charge in [0.25, 0.3) is 0 Å². The second-order valence-electron chi connectivity index (χ2n) is 5.86. The molecular formula is C14H24N2OS. The highest BCUT2D eigenvalue weighted by Crippen LogP contribution is 2.32. The van der Waals surface area contributed by atoms with Crippen molar-refractivity contribution in [1.82, 2.24) is 4.98 Å². The van der Waals surface area contributed by atoms with E-state index < -0.39 is 0 Å². The molecule has 3 nitrogen and oxygen atoms in total. The minimum atomic E-state index is 0.226. The van der Waals surface area contributed by atoms with E-state index in [0.717, 1.165) is 17.7 Å². The van der Waals surface area contributed by atoms with Gasteiger partial charge in [0.05, 0.1) is 5.51 Å². The number of carbonyl (C=O) groups is 1. The molecule has 102 valence electrons. The molecule has 18 heavy (non-hydrogen) atoms. The van der Waals surface area contributed by atoms with Crippen LogP contribution in [0.15, 0.2) is 11.7 Å². The molecule has 4 heteroatoms. The van der Waals surface area contributed by atoms with Gasteiger partial charge in [0.1, 0.15) is 5.78 Å².